The molecule has 166 valence electrons. The van der Waals surface area contributed by atoms with Gasteiger partial charge in [0.1, 0.15) is 5.70 Å². The smallest absolute Gasteiger partial charge is 0.267 e. The molecule has 0 fully saturated rings. The van der Waals surface area contributed by atoms with E-state index in [1.54, 1.807) is 12.1 Å². The van der Waals surface area contributed by atoms with Crippen molar-refractivity contribution in [1.29, 1.82) is 0 Å². The number of thiophene rings is 1. The van der Waals surface area contributed by atoms with E-state index in [0.29, 0.717) is 12.1 Å². The number of amides is 2. The van der Waals surface area contributed by atoms with E-state index in [1.807, 2.05) is 54.8 Å². The number of carbonyl (C=O) groups excluding carboxylic acids is 2. The maximum atomic E-state index is 13.0. The highest BCUT2D eigenvalue weighted by atomic mass is 32.1. The number of fused-ring (bicyclic) bond motifs is 1. The Morgan fingerprint density at radius 2 is 1.70 bits per heavy atom. The molecule has 5 heteroatoms. The minimum absolute atomic E-state index is 0.246. The summed E-state index contributed by atoms with van der Waals surface area (Å²) in [6, 6.07) is 25.8. The third-order valence-electron chi connectivity index (χ3n) is 5.50. The van der Waals surface area contributed by atoms with Crippen molar-refractivity contribution in [3.63, 3.8) is 0 Å². The van der Waals surface area contributed by atoms with Gasteiger partial charge in [-0.05, 0) is 65.3 Å². The van der Waals surface area contributed by atoms with Gasteiger partial charge in [-0.1, -0.05) is 66.7 Å². The van der Waals surface area contributed by atoms with Gasteiger partial charge in [0.15, 0.2) is 0 Å². The van der Waals surface area contributed by atoms with Crippen molar-refractivity contribution in [2.75, 3.05) is 6.54 Å². The fourth-order valence-corrected chi connectivity index (χ4v) is 4.44. The summed E-state index contributed by atoms with van der Waals surface area (Å²) in [6.45, 7) is 2.40. The molecule has 0 aliphatic carbocycles. The topological polar surface area (TPSA) is 58.2 Å². The van der Waals surface area contributed by atoms with Gasteiger partial charge < -0.3 is 10.6 Å². The van der Waals surface area contributed by atoms with E-state index in [0.717, 1.165) is 23.3 Å². The molecule has 1 aromatic heterocycles. The average molecular weight is 455 g/mol. The lowest BCUT2D eigenvalue weighted by Gasteiger charge is -2.12. The SMILES string of the molecule is Cc1ccccc1C(=O)N/C(=C\c1cccs1)C(=O)NCCCc1cccc2ccccc12. The Hall–Kier alpha value is -3.70. The summed E-state index contributed by atoms with van der Waals surface area (Å²) in [5.74, 6) is -0.579. The van der Waals surface area contributed by atoms with Crippen LogP contribution in [0.4, 0.5) is 0 Å². The third-order valence-corrected chi connectivity index (χ3v) is 6.32. The summed E-state index contributed by atoms with van der Waals surface area (Å²) in [4.78, 5) is 26.7. The summed E-state index contributed by atoms with van der Waals surface area (Å²) in [7, 11) is 0. The molecule has 2 N–H and O–H groups in total. The number of rotatable bonds is 8. The van der Waals surface area contributed by atoms with Crippen molar-refractivity contribution in [2.24, 2.45) is 0 Å². The summed E-state index contributed by atoms with van der Waals surface area (Å²) in [5.41, 5.74) is 2.93. The van der Waals surface area contributed by atoms with Gasteiger partial charge in [-0.2, -0.15) is 0 Å². The van der Waals surface area contributed by atoms with Gasteiger partial charge in [-0.25, -0.2) is 0 Å². The van der Waals surface area contributed by atoms with E-state index >= 15 is 0 Å². The molecule has 4 nitrogen and oxygen atoms in total. The van der Waals surface area contributed by atoms with Crippen LogP contribution in [0.1, 0.15) is 32.8 Å². The minimum atomic E-state index is -0.290. The van der Waals surface area contributed by atoms with Gasteiger partial charge in [0.25, 0.3) is 11.8 Å². The highest BCUT2D eigenvalue weighted by Gasteiger charge is 2.16. The molecule has 2 amide bonds. The third kappa shape index (κ3) is 5.76. The van der Waals surface area contributed by atoms with Crippen molar-refractivity contribution >= 4 is 40.0 Å². The lowest BCUT2D eigenvalue weighted by Crippen LogP contribution is -2.35. The predicted octanol–water partition coefficient (Wildman–Crippen LogP) is 5.73. The Bertz CT molecular complexity index is 1290. The quantitative estimate of drug-likeness (QED) is 0.264. The van der Waals surface area contributed by atoms with Gasteiger partial charge in [0.05, 0.1) is 0 Å². The second kappa shape index (κ2) is 10.7. The predicted molar refractivity (Wildman–Crippen MR) is 136 cm³/mol. The Balaban J connectivity index is 1.41. The van der Waals surface area contributed by atoms with Gasteiger partial charge in [0.2, 0.25) is 0 Å². The summed E-state index contributed by atoms with van der Waals surface area (Å²) in [5, 5.41) is 10.2. The van der Waals surface area contributed by atoms with Gasteiger partial charge in [-0.3, -0.25) is 9.59 Å². The van der Waals surface area contributed by atoms with E-state index < -0.39 is 0 Å². The van der Waals surface area contributed by atoms with Crippen molar-refractivity contribution < 1.29 is 9.59 Å². The van der Waals surface area contributed by atoms with Crippen LogP contribution < -0.4 is 10.6 Å². The first-order valence-electron chi connectivity index (χ1n) is 11.0. The molecule has 0 bridgehead atoms. The van der Waals surface area contributed by atoms with Crippen molar-refractivity contribution in [2.45, 2.75) is 19.8 Å². The number of hydrogen-bond acceptors (Lipinski definition) is 3. The fraction of sp³-hybridized carbons (Fsp3) is 0.143. The molecule has 4 aromatic rings. The van der Waals surface area contributed by atoms with Crippen LogP contribution in [0.3, 0.4) is 0 Å². The lowest BCUT2D eigenvalue weighted by molar-refractivity contribution is -0.117. The molecule has 0 radical (unpaired) electrons. The highest BCUT2D eigenvalue weighted by Crippen LogP contribution is 2.19. The van der Waals surface area contributed by atoms with E-state index in [2.05, 4.69) is 41.0 Å². The molecule has 0 saturated carbocycles. The maximum Gasteiger partial charge on any atom is 0.267 e. The Labute approximate surface area is 198 Å². The molecule has 3 aromatic carbocycles. The molecule has 0 unspecified atom stereocenters. The van der Waals surface area contributed by atoms with Gasteiger partial charge >= 0.3 is 0 Å². The first-order chi connectivity index (χ1) is 16.1. The van der Waals surface area contributed by atoms with E-state index in [-0.39, 0.29) is 17.5 Å². The number of nitrogens with one attached hydrogen (secondary N) is 2. The molecule has 4 rings (SSSR count). The molecule has 33 heavy (non-hydrogen) atoms. The first kappa shape index (κ1) is 22.5. The number of benzene rings is 3. The Kier molecular flexibility index (Phi) is 7.33. The Morgan fingerprint density at radius 3 is 2.52 bits per heavy atom. The first-order valence-corrected chi connectivity index (χ1v) is 11.9. The van der Waals surface area contributed by atoms with Crippen LogP contribution in [0.25, 0.3) is 16.8 Å². The van der Waals surface area contributed by atoms with Gasteiger partial charge in [-0.15, -0.1) is 11.3 Å². The molecule has 0 spiro atoms. The second-order valence-electron chi connectivity index (χ2n) is 7.84. The van der Waals surface area contributed by atoms with Gasteiger partial charge in [0, 0.05) is 17.0 Å². The van der Waals surface area contributed by atoms with Crippen molar-refractivity contribution in [1.82, 2.24) is 10.6 Å². The van der Waals surface area contributed by atoms with Crippen LogP contribution in [0.2, 0.25) is 0 Å². The minimum Gasteiger partial charge on any atom is -0.351 e. The zero-order chi connectivity index (χ0) is 23.0. The van der Waals surface area contributed by atoms with Crippen LogP contribution in [-0.4, -0.2) is 18.4 Å². The second-order valence-corrected chi connectivity index (χ2v) is 8.82. The van der Waals surface area contributed by atoms with Crippen LogP contribution in [0.15, 0.2) is 89.9 Å². The fourth-order valence-electron chi connectivity index (χ4n) is 3.78. The zero-order valence-corrected chi connectivity index (χ0v) is 19.3. The average Bonchev–Trinajstić information content (AvgIpc) is 3.35. The number of carbonyl (C=O) groups is 2. The highest BCUT2D eigenvalue weighted by molar-refractivity contribution is 7.10. The van der Waals surface area contributed by atoms with Crippen LogP contribution in [-0.2, 0) is 11.2 Å². The molecule has 1 heterocycles. The van der Waals surface area contributed by atoms with E-state index in [9.17, 15) is 9.59 Å². The van der Waals surface area contributed by atoms with Crippen LogP contribution >= 0.6 is 11.3 Å². The standard InChI is InChI=1S/C28H26N2O2S/c1-20-9-2-4-15-24(20)27(31)30-26(19-23-14-8-18-33-23)28(32)29-17-7-13-22-12-6-11-21-10-3-5-16-25(21)22/h2-6,8-12,14-16,18-19H,7,13,17H2,1H3,(H,29,32)(H,30,31)/b26-19-. The molecular weight excluding hydrogens is 428 g/mol. The van der Waals surface area contributed by atoms with Crippen molar-refractivity contribution in [3.8, 4) is 0 Å². The van der Waals surface area contributed by atoms with Crippen LogP contribution in [0, 0.1) is 6.92 Å². The van der Waals surface area contributed by atoms with E-state index in [4.69, 9.17) is 0 Å². The number of hydrogen-bond donors (Lipinski definition) is 2. The summed E-state index contributed by atoms with van der Waals surface area (Å²) >= 11 is 1.51. The Morgan fingerprint density at radius 1 is 0.909 bits per heavy atom. The normalized spacial score (nSPS) is 11.4. The van der Waals surface area contributed by atoms with Crippen molar-refractivity contribution in [3.05, 3.63) is 112 Å². The monoisotopic (exact) mass is 454 g/mol. The summed E-state index contributed by atoms with van der Waals surface area (Å²) in [6.07, 6.45) is 3.39. The van der Waals surface area contributed by atoms with Crippen LogP contribution in [0.5, 0.6) is 0 Å². The molecule has 0 aliphatic rings. The molecule has 0 saturated heterocycles. The lowest BCUT2D eigenvalue weighted by atomic mass is 10.0. The maximum absolute atomic E-state index is 13.0. The molecule has 0 atom stereocenters. The largest absolute Gasteiger partial charge is 0.351 e. The number of aryl methyl sites for hydroxylation is 2. The zero-order valence-electron chi connectivity index (χ0n) is 18.5. The van der Waals surface area contributed by atoms with E-state index in [1.165, 1.54) is 27.7 Å². The molecular formula is C28H26N2O2S. The summed E-state index contributed by atoms with van der Waals surface area (Å²) < 4.78 is 0. The molecule has 0 aliphatic heterocycles.